The molecule has 3 aromatic rings. The number of rotatable bonds is 5. The van der Waals surface area contributed by atoms with Crippen LogP contribution >= 0.6 is 11.3 Å². The quantitative estimate of drug-likeness (QED) is 0.742. The zero-order valence-electron chi connectivity index (χ0n) is 14.9. The normalized spacial score (nSPS) is 13.5. The Kier molecular flexibility index (Phi) is 4.65. The second-order valence-corrected chi connectivity index (χ2v) is 7.29. The highest BCUT2D eigenvalue weighted by atomic mass is 32.1. The van der Waals surface area contributed by atoms with E-state index in [0.717, 1.165) is 40.1 Å². The molecule has 1 aliphatic rings. The van der Waals surface area contributed by atoms with Gasteiger partial charge in [0, 0.05) is 28.3 Å². The van der Waals surface area contributed by atoms with E-state index >= 15 is 0 Å². The van der Waals surface area contributed by atoms with Crippen molar-refractivity contribution in [3.8, 4) is 11.5 Å². The van der Waals surface area contributed by atoms with Crippen molar-refractivity contribution in [2.75, 3.05) is 14.2 Å². The minimum atomic E-state index is 0.324. The van der Waals surface area contributed by atoms with E-state index in [2.05, 4.69) is 4.98 Å². The molecule has 1 aromatic carbocycles. The van der Waals surface area contributed by atoms with Crippen LogP contribution in [0, 0.1) is 0 Å². The van der Waals surface area contributed by atoms with E-state index in [1.165, 1.54) is 23.4 Å². The standard InChI is InChI=1S/C19H21N4O2S/c1-24-11-7-12-15(10-21-14(9-20)18(12)16(8-11)25-2)23-19-22-13-5-3-4-6-17(13)26-19/h7-8,10H,3-6,9,20H2,1-2H3. The van der Waals surface area contributed by atoms with E-state index in [0.29, 0.717) is 18.0 Å². The van der Waals surface area contributed by atoms with Gasteiger partial charge in [-0.1, -0.05) is 11.3 Å². The van der Waals surface area contributed by atoms with Crippen LogP contribution in [0.3, 0.4) is 0 Å². The van der Waals surface area contributed by atoms with Gasteiger partial charge >= 0.3 is 0 Å². The topological polar surface area (TPSA) is 84.4 Å². The molecule has 0 unspecified atom stereocenters. The molecule has 7 heteroatoms. The number of fused-ring (bicyclic) bond motifs is 2. The number of nitrogens with zero attached hydrogens (tertiary/aromatic N) is 3. The SMILES string of the molecule is COc1cc(OC)c2c(CN)ncc([N]c3nc4c(s3)CCCC4)c2c1. The number of aromatic nitrogens is 2. The fraction of sp³-hybridized carbons (Fsp3) is 0.368. The third-order valence-corrected chi connectivity index (χ3v) is 5.73. The maximum Gasteiger partial charge on any atom is 0.210 e. The van der Waals surface area contributed by atoms with Crippen molar-refractivity contribution in [2.24, 2.45) is 5.73 Å². The van der Waals surface area contributed by atoms with Gasteiger partial charge in [0.1, 0.15) is 11.5 Å². The lowest BCUT2D eigenvalue weighted by Gasteiger charge is -2.13. The molecule has 1 radical (unpaired) electrons. The van der Waals surface area contributed by atoms with Crippen LogP contribution < -0.4 is 20.5 Å². The van der Waals surface area contributed by atoms with Crippen LogP contribution in [0.1, 0.15) is 29.1 Å². The Morgan fingerprint density at radius 2 is 2.04 bits per heavy atom. The number of benzene rings is 1. The van der Waals surface area contributed by atoms with Crippen molar-refractivity contribution in [3.63, 3.8) is 0 Å². The third kappa shape index (κ3) is 2.97. The number of ether oxygens (including phenoxy) is 2. The van der Waals surface area contributed by atoms with Crippen molar-refractivity contribution in [1.29, 1.82) is 0 Å². The number of aryl methyl sites for hydroxylation is 2. The summed E-state index contributed by atoms with van der Waals surface area (Å²) in [5.41, 5.74) is 8.61. The second kappa shape index (κ2) is 7.09. The van der Waals surface area contributed by atoms with E-state index in [-0.39, 0.29) is 0 Å². The van der Waals surface area contributed by atoms with Crippen LogP contribution in [-0.4, -0.2) is 24.2 Å². The summed E-state index contributed by atoms with van der Waals surface area (Å²) in [5, 5.41) is 7.35. The van der Waals surface area contributed by atoms with Gasteiger partial charge in [0.25, 0.3) is 0 Å². The first kappa shape index (κ1) is 17.1. The number of hydrogen-bond donors (Lipinski definition) is 1. The summed E-state index contributed by atoms with van der Waals surface area (Å²) in [5.74, 6) is 1.39. The van der Waals surface area contributed by atoms with Crippen LogP contribution in [0.15, 0.2) is 18.3 Å². The molecule has 135 valence electrons. The molecule has 0 amide bonds. The van der Waals surface area contributed by atoms with Crippen LogP contribution in [0.2, 0.25) is 0 Å². The highest BCUT2D eigenvalue weighted by molar-refractivity contribution is 7.15. The smallest absolute Gasteiger partial charge is 0.210 e. The molecule has 4 rings (SSSR count). The summed E-state index contributed by atoms with van der Waals surface area (Å²) in [7, 11) is 3.27. The molecule has 26 heavy (non-hydrogen) atoms. The van der Waals surface area contributed by atoms with E-state index in [9.17, 15) is 0 Å². The van der Waals surface area contributed by atoms with Gasteiger partial charge in [-0.15, -0.1) is 0 Å². The molecule has 2 N–H and O–H groups in total. The lowest BCUT2D eigenvalue weighted by molar-refractivity contribution is 0.397. The van der Waals surface area contributed by atoms with Gasteiger partial charge in [-0.3, -0.25) is 4.98 Å². The Morgan fingerprint density at radius 1 is 1.19 bits per heavy atom. The molecular weight excluding hydrogens is 348 g/mol. The van der Waals surface area contributed by atoms with Crippen molar-refractivity contribution < 1.29 is 9.47 Å². The van der Waals surface area contributed by atoms with Gasteiger partial charge < -0.3 is 15.2 Å². The zero-order valence-corrected chi connectivity index (χ0v) is 15.7. The maximum atomic E-state index is 5.89. The molecule has 1 aliphatic carbocycles. The molecule has 6 nitrogen and oxygen atoms in total. The summed E-state index contributed by atoms with van der Waals surface area (Å²) in [6, 6.07) is 3.79. The fourth-order valence-electron chi connectivity index (χ4n) is 3.37. The largest absolute Gasteiger partial charge is 0.497 e. The zero-order chi connectivity index (χ0) is 18.1. The first-order valence-corrected chi connectivity index (χ1v) is 9.49. The van der Waals surface area contributed by atoms with Gasteiger partial charge in [-0.05, 0) is 31.7 Å². The number of thiazole rings is 1. The van der Waals surface area contributed by atoms with Gasteiger partial charge in [0.2, 0.25) is 5.13 Å². The highest BCUT2D eigenvalue weighted by Gasteiger charge is 2.19. The Labute approximate surface area is 156 Å². The Bertz CT molecular complexity index is 931. The first-order valence-electron chi connectivity index (χ1n) is 8.67. The second-order valence-electron chi connectivity index (χ2n) is 6.23. The minimum Gasteiger partial charge on any atom is -0.497 e. The minimum absolute atomic E-state index is 0.324. The van der Waals surface area contributed by atoms with E-state index in [4.69, 9.17) is 25.5 Å². The van der Waals surface area contributed by atoms with Crippen LogP contribution in [0.5, 0.6) is 11.5 Å². The Hall–Kier alpha value is -2.38. The molecule has 0 fully saturated rings. The van der Waals surface area contributed by atoms with E-state index in [1.54, 1.807) is 31.8 Å². The number of methoxy groups -OCH3 is 2. The van der Waals surface area contributed by atoms with Crippen molar-refractivity contribution in [1.82, 2.24) is 15.3 Å². The van der Waals surface area contributed by atoms with Gasteiger partial charge in [0.15, 0.2) is 0 Å². The Balaban J connectivity index is 1.83. The summed E-state index contributed by atoms with van der Waals surface area (Å²) >= 11 is 1.68. The van der Waals surface area contributed by atoms with Crippen molar-refractivity contribution in [3.05, 3.63) is 34.6 Å². The van der Waals surface area contributed by atoms with Crippen molar-refractivity contribution >= 4 is 32.9 Å². The average molecular weight is 369 g/mol. The molecule has 0 saturated heterocycles. The van der Waals surface area contributed by atoms with Crippen LogP contribution in [0.25, 0.3) is 10.8 Å². The number of nitrogens with two attached hydrogens (primary N) is 1. The summed E-state index contributed by atoms with van der Waals surface area (Å²) in [6.07, 6.45) is 6.35. The fourth-order valence-corrected chi connectivity index (χ4v) is 4.41. The summed E-state index contributed by atoms with van der Waals surface area (Å²) in [6.45, 7) is 0.324. The molecule has 0 aliphatic heterocycles. The van der Waals surface area contributed by atoms with Gasteiger partial charge in [-0.2, -0.15) is 0 Å². The molecule has 2 aromatic heterocycles. The third-order valence-electron chi connectivity index (χ3n) is 4.68. The van der Waals surface area contributed by atoms with Gasteiger partial charge in [0.05, 0.1) is 37.5 Å². The molecule has 0 saturated carbocycles. The average Bonchev–Trinajstić information content (AvgIpc) is 3.09. The predicted octanol–water partition coefficient (Wildman–Crippen LogP) is 3.61. The van der Waals surface area contributed by atoms with Crippen LogP contribution in [-0.2, 0) is 19.4 Å². The molecular formula is C19H21N4O2S. The molecule has 0 bridgehead atoms. The Morgan fingerprint density at radius 3 is 2.77 bits per heavy atom. The summed E-state index contributed by atoms with van der Waals surface area (Å²) in [4.78, 5) is 10.6. The predicted molar refractivity (Wildman–Crippen MR) is 103 cm³/mol. The summed E-state index contributed by atoms with van der Waals surface area (Å²) < 4.78 is 11.0. The van der Waals surface area contributed by atoms with Gasteiger partial charge in [-0.25, -0.2) is 10.3 Å². The molecule has 0 spiro atoms. The number of hydrogen-bond acceptors (Lipinski definition) is 6. The lowest BCUT2D eigenvalue weighted by Crippen LogP contribution is -2.04. The maximum absolute atomic E-state index is 5.89. The van der Waals surface area contributed by atoms with Crippen LogP contribution in [0.4, 0.5) is 10.8 Å². The first-order chi connectivity index (χ1) is 12.7. The van der Waals surface area contributed by atoms with E-state index < -0.39 is 0 Å². The van der Waals surface area contributed by atoms with Crippen molar-refractivity contribution in [2.45, 2.75) is 32.2 Å². The number of pyridine rings is 1. The monoisotopic (exact) mass is 369 g/mol. The molecule has 0 atom stereocenters. The molecule has 2 heterocycles. The highest BCUT2D eigenvalue weighted by Crippen LogP contribution is 2.39. The van der Waals surface area contributed by atoms with E-state index in [1.807, 2.05) is 12.1 Å². The lowest BCUT2D eigenvalue weighted by atomic mass is 10.0.